The average molecular weight is 333 g/mol. The maximum Gasteiger partial charge on any atom is 0.237 e. The third-order valence-electron chi connectivity index (χ3n) is 4.95. The van der Waals surface area contributed by atoms with Crippen LogP contribution in [-0.2, 0) is 22.6 Å². The highest BCUT2D eigenvalue weighted by Crippen LogP contribution is 2.18. The van der Waals surface area contributed by atoms with Gasteiger partial charge in [-0.2, -0.15) is 0 Å². The van der Waals surface area contributed by atoms with E-state index in [0.717, 1.165) is 24.9 Å². The van der Waals surface area contributed by atoms with Crippen LogP contribution in [-0.4, -0.2) is 43.2 Å². The molecule has 1 fully saturated rings. The molecule has 1 aliphatic heterocycles. The van der Waals surface area contributed by atoms with E-state index in [2.05, 4.69) is 43.2 Å². The van der Waals surface area contributed by atoms with Gasteiger partial charge in [0.15, 0.2) is 0 Å². The van der Waals surface area contributed by atoms with Gasteiger partial charge in [0.2, 0.25) is 5.91 Å². The molecular formula is C19H31N3O2. The Morgan fingerprint density at radius 2 is 1.92 bits per heavy atom. The molecule has 0 saturated carbocycles. The second-order valence-electron chi connectivity index (χ2n) is 6.97. The van der Waals surface area contributed by atoms with Crippen molar-refractivity contribution in [2.75, 3.05) is 20.3 Å². The first kappa shape index (κ1) is 18.9. The topological polar surface area (TPSA) is 67.6 Å². The molecule has 5 nitrogen and oxygen atoms in total. The number of nitrogens with one attached hydrogen (secondary N) is 1. The summed E-state index contributed by atoms with van der Waals surface area (Å²) in [6.45, 7) is 7.16. The quantitative estimate of drug-likeness (QED) is 0.800. The van der Waals surface area contributed by atoms with Crippen molar-refractivity contribution >= 4 is 5.91 Å². The van der Waals surface area contributed by atoms with Crippen LogP contribution in [0.4, 0.5) is 0 Å². The Morgan fingerprint density at radius 1 is 1.29 bits per heavy atom. The van der Waals surface area contributed by atoms with E-state index in [9.17, 15) is 4.79 Å². The molecule has 1 aromatic carbocycles. The van der Waals surface area contributed by atoms with Crippen LogP contribution in [0.15, 0.2) is 24.3 Å². The van der Waals surface area contributed by atoms with Crippen molar-refractivity contribution in [2.45, 2.75) is 51.9 Å². The normalized spacial score (nSPS) is 17.2. The number of benzene rings is 1. The molecule has 1 heterocycles. The summed E-state index contributed by atoms with van der Waals surface area (Å²) in [6, 6.07) is 8.29. The Kier molecular flexibility index (Phi) is 7.21. The number of hydrogen-bond donors (Lipinski definition) is 2. The van der Waals surface area contributed by atoms with Crippen LogP contribution in [0.25, 0.3) is 0 Å². The van der Waals surface area contributed by atoms with E-state index >= 15 is 0 Å². The van der Waals surface area contributed by atoms with E-state index in [1.807, 2.05) is 12.1 Å². The van der Waals surface area contributed by atoms with E-state index in [1.165, 1.54) is 5.56 Å². The van der Waals surface area contributed by atoms with Crippen LogP contribution in [0, 0.1) is 5.92 Å². The Labute approximate surface area is 145 Å². The lowest BCUT2D eigenvalue weighted by atomic mass is 9.92. The number of nitrogens with zero attached hydrogens (tertiary/aromatic N) is 1. The minimum absolute atomic E-state index is 0.0612. The number of carbonyl (C=O) groups excluding carboxylic acids is 1. The Bertz CT molecular complexity index is 527. The van der Waals surface area contributed by atoms with Crippen molar-refractivity contribution in [3.63, 3.8) is 0 Å². The standard InChI is InChI=1S/C19H31N3O2/c1-14(2)22(3)13-17-7-5-4-6-16(17)12-21-19(23)18(20)15-8-10-24-11-9-15/h4-7,14-15,18H,8-13,20H2,1-3H3,(H,21,23). The molecule has 3 N–H and O–H groups in total. The fourth-order valence-corrected chi connectivity index (χ4v) is 2.92. The monoisotopic (exact) mass is 333 g/mol. The van der Waals surface area contributed by atoms with Gasteiger partial charge >= 0.3 is 0 Å². The zero-order chi connectivity index (χ0) is 17.5. The summed E-state index contributed by atoms with van der Waals surface area (Å²) in [6.07, 6.45) is 1.73. The summed E-state index contributed by atoms with van der Waals surface area (Å²) in [5.41, 5.74) is 8.53. The SMILES string of the molecule is CC(C)N(C)Cc1ccccc1CNC(=O)C(N)C1CCOCC1. The van der Waals surface area contributed by atoms with Crippen LogP contribution in [0.3, 0.4) is 0 Å². The third kappa shape index (κ3) is 5.30. The molecule has 0 aliphatic carbocycles. The third-order valence-corrected chi connectivity index (χ3v) is 4.95. The molecule has 134 valence electrons. The number of hydrogen-bond acceptors (Lipinski definition) is 4. The maximum atomic E-state index is 12.4. The van der Waals surface area contributed by atoms with Crippen LogP contribution in [0.5, 0.6) is 0 Å². The molecular weight excluding hydrogens is 302 g/mol. The smallest absolute Gasteiger partial charge is 0.237 e. The maximum absolute atomic E-state index is 12.4. The Balaban J connectivity index is 1.92. The largest absolute Gasteiger partial charge is 0.381 e. The fourth-order valence-electron chi connectivity index (χ4n) is 2.92. The number of nitrogens with two attached hydrogens (primary N) is 1. The van der Waals surface area contributed by atoms with E-state index in [4.69, 9.17) is 10.5 Å². The van der Waals surface area contributed by atoms with Gasteiger partial charge in [0.1, 0.15) is 0 Å². The average Bonchev–Trinajstić information content (AvgIpc) is 2.60. The van der Waals surface area contributed by atoms with Crippen molar-refractivity contribution in [1.82, 2.24) is 10.2 Å². The highest BCUT2D eigenvalue weighted by atomic mass is 16.5. The molecule has 1 aromatic rings. The molecule has 1 amide bonds. The first-order valence-electron chi connectivity index (χ1n) is 8.87. The van der Waals surface area contributed by atoms with Crippen molar-refractivity contribution in [3.8, 4) is 0 Å². The van der Waals surface area contributed by atoms with E-state index in [0.29, 0.717) is 25.8 Å². The summed E-state index contributed by atoms with van der Waals surface area (Å²) in [5.74, 6) is 0.162. The predicted octanol–water partition coefficient (Wildman–Crippen LogP) is 1.90. The molecule has 0 aromatic heterocycles. The molecule has 1 unspecified atom stereocenters. The number of ether oxygens (including phenoxy) is 1. The zero-order valence-electron chi connectivity index (χ0n) is 15.1. The Morgan fingerprint density at radius 3 is 2.54 bits per heavy atom. The molecule has 24 heavy (non-hydrogen) atoms. The van der Waals surface area contributed by atoms with Crippen LogP contribution in [0.1, 0.15) is 37.8 Å². The summed E-state index contributed by atoms with van der Waals surface area (Å²) >= 11 is 0. The van der Waals surface area contributed by atoms with Gasteiger partial charge in [-0.15, -0.1) is 0 Å². The lowest BCUT2D eigenvalue weighted by Crippen LogP contribution is -2.46. The van der Waals surface area contributed by atoms with Gasteiger partial charge in [0.05, 0.1) is 6.04 Å². The minimum Gasteiger partial charge on any atom is -0.381 e. The summed E-state index contributed by atoms with van der Waals surface area (Å²) in [7, 11) is 2.11. The van der Waals surface area contributed by atoms with Gasteiger partial charge in [0.25, 0.3) is 0 Å². The van der Waals surface area contributed by atoms with Crippen LogP contribution < -0.4 is 11.1 Å². The molecule has 1 aliphatic rings. The van der Waals surface area contributed by atoms with Crippen molar-refractivity contribution in [1.29, 1.82) is 0 Å². The minimum atomic E-state index is -0.445. The van der Waals surface area contributed by atoms with Crippen molar-refractivity contribution in [2.24, 2.45) is 11.7 Å². The molecule has 0 radical (unpaired) electrons. The van der Waals surface area contributed by atoms with Crippen molar-refractivity contribution < 1.29 is 9.53 Å². The second kappa shape index (κ2) is 9.16. The highest BCUT2D eigenvalue weighted by Gasteiger charge is 2.26. The van der Waals surface area contributed by atoms with Gasteiger partial charge in [-0.25, -0.2) is 0 Å². The second-order valence-corrected chi connectivity index (χ2v) is 6.97. The molecule has 0 bridgehead atoms. The van der Waals surface area contributed by atoms with Crippen LogP contribution >= 0.6 is 0 Å². The predicted molar refractivity (Wildman–Crippen MR) is 96.4 cm³/mol. The van der Waals surface area contributed by atoms with Gasteiger partial charge in [-0.1, -0.05) is 24.3 Å². The van der Waals surface area contributed by atoms with E-state index in [1.54, 1.807) is 0 Å². The molecule has 1 saturated heterocycles. The molecule has 2 rings (SSSR count). The summed E-state index contributed by atoms with van der Waals surface area (Å²) < 4.78 is 5.34. The van der Waals surface area contributed by atoms with Crippen molar-refractivity contribution in [3.05, 3.63) is 35.4 Å². The van der Waals surface area contributed by atoms with E-state index in [-0.39, 0.29) is 11.8 Å². The lowest BCUT2D eigenvalue weighted by Gasteiger charge is -2.27. The summed E-state index contributed by atoms with van der Waals surface area (Å²) in [5, 5.41) is 3.02. The number of amides is 1. The zero-order valence-corrected chi connectivity index (χ0v) is 15.1. The number of rotatable bonds is 7. The van der Waals surface area contributed by atoms with E-state index < -0.39 is 6.04 Å². The highest BCUT2D eigenvalue weighted by molar-refractivity contribution is 5.81. The number of carbonyl (C=O) groups is 1. The van der Waals surface area contributed by atoms with Gasteiger partial charge in [-0.3, -0.25) is 9.69 Å². The van der Waals surface area contributed by atoms with Gasteiger partial charge in [0, 0.05) is 32.3 Å². The van der Waals surface area contributed by atoms with Gasteiger partial charge in [-0.05, 0) is 50.8 Å². The molecule has 0 spiro atoms. The molecule has 5 heteroatoms. The first-order chi connectivity index (χ1) is 11.5. The first-order valence-corrected chi connectivity index (χ1v) is 8.87. The molecule has 1 atom stereocenters. The summed E-state index contributed by atoms with van der Waals surface area (Å²) in [4.78, 5) is 14.7. The van der Waals surface area contributed by atoms with Crippen LogP contribution in [0.2, 0.25) is 0 Å². The van der Waals surface area contributed by atoms with Gasteiger partial charge < -0.3 is 15.8 Å². The fraction of sp³-hybridized carbons (Fsp3) is 0.632. The lowest BCUT2D eigenvalue weighted by molar-refractivity contribution is -0.124. The Hall–Kier alpha value is -1.43.